The molecule has 0 aliphatic rings. The minimum atomic E-state index is 0.201. The van der Waals surface area contributed by atoms with Crippen LogP contribution in [0, 0.1) is 0 Å². The molecule has 0 radical (unpaired) electrons. The van der Waals surface area contributed by atoms with Crippen LogP contribution in [0.2, 0.25) is 0 Å². The first-order chi connectivity index (χ1) is 8.49. The molecule has 1 heterocycles. The van der Waals surface area contributed by atoms with E-state index in [0.717, 1.165) is 18.4 Å². The summed E-state index contributed by atoms with van der Waals surface area (Å²) < 4.78 is 1.74. The summed E-state index contributed by atoms with van der Waals surface area (Å²) in [5.41, 5.74) is 0.985. The summed E-state index contributed by atoms with van der Waals surface area (Å²) in [6, 6.07) is 0.591. The van der Waals surface area contributed by atoms with Crippen molar-refractivity contribution in [2.24, 2.45) is 7.05 Å². The summed E-state index contributed by atoms with van der Waals surface area (Å²) in [5, 5.41) is 4.10. The van der Waals surface area contributed by atoms with Crippen molar-refractivity contribution in [1.29, 1.82) is 0 Å². The summed E-state index contributed by atoms with van der Waals surface area (Å²) in [6.07, 6.45) is 6.10. The molecule has 0 spiro atoms. The molecule has 0 fully saturated rings. The molecular formula is C14H25N3O. The third-order valence-corrected chi connectivity index (χ3v) is 3.53. The molecule has 0 saturated heterocycles. The van der Waals surface area contributed by atoms with Gasteiger partial charge < -0.3 is 4.90 Å². The molecule has 102 valence electrons. The zero-order valence-corrected chi connectivity index (χ0v) is 12.2. The molecule has 18 heavy (non-hydrogen) atoms. The SMILES string of the molecule is CCC(C)N(C(=O)Cc1cnn(C)c1)C(C)CC. The number of rotatable bonds is 6. The van der Waals surface area contributed by atoms with Crippen LogP contribution in [0.1, 0.15) is 46.1 Å². The van der Waals surface area contributed by atoms with Gasteiger partial charge in [0.2, 0.25) is 5.91 Å². The topological polar surface area (TPSA) is 38.1 Å². The molecule has 1 aromatic rings. The van der Waals surface area contributed by atoms with Crippen LogP contribution in [-0.4, -0.2) is 32.7 Å². The Hall–Kier alpha value is -1.32. The predicted molar refractivity (Wildman–Crippen MR) is 73.3 cm³/mol. The van der Waals surface area contributed by atoms with Crippen LogP contribution < -0.4 is 0 Å². The van der Waals surface area contributed by atoms with Crippen LogP contribution in [0.4, 0.5) is 0 Å². The first kappa shape index (κ1) is 14.7. The van der Waals surface area contributed by atoms with Gasteiger partial charge in [-0.15, -0.1) is 0 Å². The molecule has 0 saturated carbocycles. The van der Waals surface area contributed by atoms with Crippen LogP contribution in [-0.2, 0) is 18.3 Å². The second-order valence-corrected chi connectivity index (χ2v) is 5.01. The van der Waals surface area contributed by atoms with Crippen LogP contribution in [0.3, 0.4) is 0 Å². The van der Waals surface area contributed by atoms with Crippen molar-refractivity contribution in [1.82, 2.24) is 14.7 Å². The van der Waals surface area contributed by atoms with Gasteiger partial charge in [0.05, 0.1) is 12.6 Å². The lowest BCUT2D eigenvalue weighted by Gasteiger charge is -2.34. The minimum absolute atomic E-state index is 0.201. The molecule has 1 amide bonds. The molecule has 1 rings (SSSR count). The van der Waals surface area contributed by atoms with E-state index >= 15 is 0 Å². The number of aromatic nitrogens is 2. The van der Waals surface area contributed by atoms with Gasteiger partial charge in [0, 0.05) is 25.3 Å². The maximum absolute atomic E-state index is 12.4. The van der Waals surface area contributed by atoms with E-state index in [-0.39, 0.29) is 5.91 Å². The quantitative estimate of drug-likeness (QED) is 0.778. The average molecular weight is 251 g/mol. The van der Waals surface area contributed by atoms with Crippen molar-refractivity contribution >= 4 is 5.91 Å². The van der Waals surface area contributed by atoms with Crippen molar-refractivity contribution < 1.29 is 4.79 Å². The summed E-state index contributed by atoms with van der Waals surface area (Å²) in [4.78, 5) is 14.4. The molecule has 2 unspecified atom stereocenters. The number of amides is 1. The Kier molecular flexibility index (Phi) is 5.38. The van der Waals surface area contributed by atoms with Crippen molar-refractivity contribution in [3.63, 3.8) is 0 Å². The fourth-order valence-corrected chi connectivity index (χ4v) is 2.15. The van der Waals surface area contributed by atoms with Gasteiger partial charge >= 0.3 is 0 Å². The van der Waals surface area contributed by atoms with E-state index in [1.807, 2.05) is 18.1 Å². The maximum atomic E-state index is 12.4. The first-order valence-electron chi connectivity index (χ1n) is 6.78. The van der Waals surface area contributed by atoms with Crippen molar-refractivity contribution in [2.75, 3.05) is 0 Å². The Balaban J connectivity index is 2.76. The Morgan fingerprint density at radius 3 is 2.28 bits per heavy atom. The Morgan fingerprint density at radius 2 is 1.89 bits per heavy atom. The normalized spacial score (nSPS) is 14.3. The lowest BCUT2D eigenvalue weighted by molar-refractivity contribution is -0.134. The van der Waals surface area contributed by atoms with Crippen LogP contribution in [0.25, 0.3) is 0 Å². The molecule has 4 nitrogen and oxygen atoms in total. The monoisotopic (exact) mass is 251 g/mol. The summed E-state index contributed by atoms with van der Waals surface area (Å²) in [7, 11) is 1.87. The smallest absolute Gasteiger partial charge is 0.227 e. The number of nitrogens with zero attached hydrogens (tertiary/aromatic N) is 3. The number of carbonyl (C=O) groups is 1. The molecule has 0 aliphatic carbocycles. The second kappa shape index (κ2) is 6.57. The lowest BCUT2D eigenvalue weighted by atomic mass is 10.1. The summed E-state index contributed by atoms with van der Waals surface area (Å²) >= 11 is 0. The third-order valence-electron chi connectivity index (χ3n) is 3.53. The fraction of sp³-hybridized carbons (Fsp3) is 0.714. The van der Waals surface area contributed by atoms with E-state index in [1.165, 1.54) is 0 Å². The zero-order valence-electron chi connectivity index (χ0n) is 12.2. The average Bonchev–Trinajstić information content (AvgIpc) is 2.74. The number of aryl methyl sites for hydroxylation is 1. The molecular weight excluding hydrogens is 226 g/mol. The molecule has 4 heteroatoms. The number of hydrogen-bond donors (Lipinski definition) is 0. The maximum Gasteiger partial charge on any atom is 0.227 e. The van der Waals surface area contributed by atoms with Gasteiger partial charge in [-0.3, -0.25) is 9.48 Å². The molecule has 0 bridgehead atoms. The fourth-order valence-electron chi connectivity index (χ4n) is 2.15. The second-order valence-electron chi connectivity index (χ2n) is 5.01. The van der Waals surface area contributed by atoms with Gasteiger partial charge in [-0.1, -0.05) is 13.8 Å². The van der Waals surface area contributed by atoms with Gasteiger partial charge in [-0.05, 0) is 32.3 Å². The van der Waals surface area contributed by atoms with Gasteiger partial charge in [0.15, 0.2) is 0 Å². The van der Waals surface area contributed by atoms with Gasteiger partial charge in [-0.25, -0.2) is 0 Å². The molecule has 0 aliphatic heterocycles. The zero-order chi connectivity index (χ0) is 13.7. The van der Waals surface area contributed by atoms with E-state index < -0.39 is 0 Å². The van der Waals surface area contributed by atoms with Crippen molar-refractivity contribution in [3.05, 3.63) is 18.0 Å². The summed E-state index contributed by atoms with van der Waals surface area (Å²) in [6.45, 7) is 8.48. The van der Waals surface area contributed by atoms with E-state index in [4.69, 9.17) is 0 Å². The Labute approximate surface area is 110 Å². The lowest BCUT2D eigenvalue weighted by Crippen LogP contribution is -2.45. The van der Waals surface area contributed by atoms with Crippen LogP contribution >= 0.6 is 0 Å². The third kappa shape index (κ3) is 3.59. The highest BCUT2D eigenvalue weighted by Crippen LogP contribution is 2.14. The Bertz CT molecular complexity index is 376. The molecule has 2 atom stereocenters. The van der Waals surface area contributed by atoms with Gasteiger partial charge in [0.1, 0.15) is 0 Å². The minimum Gasteiger partial charge on any atom is -0.337 e. The number of hydrogen-bond acceptors (Lipinski definition) is 2. The highest BCUT2D eigenvalue weighted by Gasteiger charge is 2.23. The van der Waals surface area contributed by atoms with E-state index in [0.29, 0.717) is 18.5 Å². The van der Waals surface area contributed by atoms with Crippen molar-refractivity contribution in [2.45, 2.75) is 59.0 Å². The summed E-state index contributed by atoms with van der Waals surface area (Å²) in [5.74, 6) is 0.201. The van der Waals surface area contributed by atoms with Gasteiger partial charge in [0.25, 0.3) is 0 Å². The predicted octanol–water partition coefficient (Wildman–Crippen LogP) is 2.39. The van der Waals surface area contributed by atoms with E-state index in [2.05, 4.69) is 32.8 Å². The molecule has 0 N–H and O–H groups in total. The van der Waals surface area contributed by atoms with Gasteiger partial charge in [-0.2, -0.15) is 5.10 Å². The van der Waals surface area contributed by atoms with E-state index in [9.17, 15) is 4.79 Å². The van der Waals surface area contributed by atoms with E-state index in [1.54, 1.807) is 10.9 Å². The van der Waals surface area contributed by atoms with Crippen LogP contribution in [0.15, 0.2) is 12.4 Å². The van der Waals surface area contributed by atoms with Crippen LogP contribution in [0.5, 0.6) is 0 Å². The number of carbonyl (C=O) groups excluding carboxylic acids is 1. The standard InChI is InChI=1S/C14H25N3O/c1-6-11(3)17(12(4)7-2)14(18)8-13-9-15-16(5)10-13/h9-12H,6-8H2,1-5H3. The molecule has 0 aromatic carbocycles. The first-order valence-corrected chi connectivity index (χ1v) is 6.78. The largest absolute Gasteiger partial charge is 0.337 e. The highest BCUT2D eigenvalue weighted by molar-refractivity contribution is 5.79. The molecule has 1 aromatic heterocycles. The Morgan fingerprint density at radius 1 is 1.33 bits per heavy atom. The van der Waals surface area contributed by atoms with Crippen molar-refractivity contribution in [3.8, 4) is 0 Å². The highest BCUT2D eigenvalue weighted by atomic mass is 16.2.